The molecular formula is C12H22N2O2. The van der Waals surface area contributed by atoms with Gasteiger partial charge in [-0.05, 0) is 26.7 Å². The number of nitrogens with zero attached hydrogens (tertiary/aromatic N) is 2. The Bertz CT molecular complexity index is 266. The highest BCUT2D eigenvalue weighted by Gasteiger charge is 2.32. The van der Waals surface area contributed by atoms with Crippen LogP contribution < -0.4 is 0 Å². The third-order valence-corrected chi connectivity index (χ3v) is 3.59. The lowest BCUT2D eigenvalue weighted by Crippen LogP contribution is -2.39. The number of oxime groups is 1. The largest absolute Gasteiger partial charge is 0.411 e. The number of hydrogen-bond donors (Lipinski definition) is 1. The van der Waals surface area contributed by atoms with Gasteiger partial charge in [0.2, 0.25) is 0 Å². The van der Waals surface area contributed by atoms with E-state index in [0.717, 1.165) is 44.6 Å². The van der Waals surface area contributed by atoms with Crippen molar-refractivity contribution in [2.75, 3.05) is 19.6 Å². The Kier molecular flexibility index (Phi) is 3.50. The maximum absolute atomic E-state index is 8.67. The van der Waals surface area contributed by atoms with Crippen LogP contribution in [0.5, 0.6) is 0 Å². The van der Waals surface area contributed by atoms with E-state index in [4.69, 9.17) is 9.94 Å². The molecule has 2 aliphatic rings. The fourth-order valence-corrected chi connectivity index (χ4v) is 2.59. The lowest BCUT2D eigenvalue weighted by molar-refractivity contribution is -0.0287. The summed E-state index contributed by atoms with van der Waals surface area (Å²) in [6.07, 6.45) is 4.51. The molecule has 2 rings (SSSR count). The minimum atomic E-state index is 0.0676. The van der Waals surface area contributed by atoms with Crippen LogP contribution in [0.2, 0.25) is 0 Å². The minimum absolute atomic E-state index is 0.0676. The minimum Gasteiger partial charge on any atom is -0.411 e. The lowest BCUT2D eigenvalue weighted by Gasteiger charge is -2.30. The van der Waals surface area contributed by atoms with E-state index in [1.165, 1.54) is 6.42 Å². The molecule has 1 atom stereocenters. The number of hydrogen-bond acceptors (Lipinski definition) is 4. The van der Waals surface area contributed by atoms with E-state index in [9.17, 15) is 0 Å². The molecule has 0 aromatic rings. The van der Waals surface area contributed by atoms with Crippen molar-refractivity contribution in [3.8, 4) is 0 Å². The van der Waals surface area contributed by atoms with Crippen LogP contribution in [0.1, 0.15) is 39.5 Å². The van der Waals surface area contributed by atoms with E-state index < -0.39 is 0 Å². The SMILES string of the molecule is CC1(C)CCC(CN2CCC(=NO)CC2)O1. The van der Waals surface area contributed by atoms with E-state index in [0.29, 0.717) is 6.10 Å². The summed E-state index contributed by atoms with van der Waals surface area (Å²) in [4.78, 5) is 2.42. The summed E-state index contributed by atoms with van der Waals surface area (Å²) >= 11 is 0. The molecule has 0 saturated carbocycles. The normalized spacial score (nSPS) is 30.6. The summed E-state index contributed by atoms with van der Waals surface area (Å²) in [5, 5.41) is 12.0. The molecular weight excluding hydrogens is 204 g/mol. The van der Waals surface area contributed by atoms with Crippen molar-refractivity contribution in [1.82, 2.24) is 4.90 Å². The first-order valence-corrected chi connectivity index (χ1v) is 6.19. The quantitative estimate of drug-likeness (QED) is 0.577. The number of piperidine rings is 1. The van der Waals surface area contributed by atoms with E-state index in [1.807, 2.05) is 0 Å². The van der Waals surface area contributed by atoms with Crippen molar-refractivity contribution in [2.45, 2.75) is 51.2 Å². The Labute approximate surface area is 97.3 Å². The summed E-state index contributed by atoms with van der Waals surface area (Å²) in [6, 6.07) is 0. The highest BCUT2D eigenvalue weighted by Crippen LogP contribution is 2.30. The van der Waals surface area contributed by atoms with Gasteiger partial charge < -0.3 is 14.8 Å². The van der Waals surface area contributed by atoms with Crippen LogP contribution in [0.3, 0.4) is 0 Å². The first-order chi connectivity index (χ1) is 7.59. The van der Waals surface area contributed by atoms with Crippen molar-refractivity contribution in [3.63, 3.8) is 0 Å². The average molecular weight is 226 g/mol. The maximum Gasteiger partial charge on any atom is 0.0710 e. The summed E-state index contributed by atoms with van der Waals surface area (Å²) in [6.45, 7) is 7.36. The Hall–Kier alpha value is -0.610. The molecule has 0 aromatic heterocycles. The molecule has 2 saturated heterocycles. The highest BCUT2D eigenvalue weighted by atomic mass is 16.5. The van der Waals surface area contributed by atoms with Crippen molar-refractivity contribution in [3.05, 3.63) is 0 Å². The third-order valence-electron chi connectivity index (χ3n) is 3.59. The zero-order chi connectivity index (χ0) is 11.6. The van der Waals surface area contributed by atoms with Gasteiger partial charge in [-0.2, -0.15) is 0 Å². The third kappa shape index (κ3) is 2.95. The van der Waals surface area contributed by atoms with Crippen LogP contribution >= 0.6 is 0 Å². The molecule has 92 valence electrons. The van der Waals surface area contributed by atoms with Gasteiger partial charge in [0.1, 0.15) is 0 Å². The molecule has 4 heteroatoms. The van der Waals surface area contributed by atoms with Gasteiger partial charge in [0.25, 0.3) is 0 Å². The molecule has 1 N–H and O–H groups in total. The van der Waals surface area contributed by atoms with Crippen LogP contribution in [0, 0.1) is 0 Å². The standard InChI is InChI=1S/C12H22N2O2/c1-12(2)6-3-11(16-12)9-14-7-4-10(13-15)5-8-14/h11,15H,3-9H2,1-2H3. The van der Waals surface area contributed by atoms with Gasteiger partial charge in [-0.25, -0.2) is 0 Å². The van der Waals surface area contributed by atoms with Gasteiger partial charge in [0, 0.05) is 32.5 Å². The molecule has 2 fully saturated rings. The fourth-order valence-electron chi connectivity index (χ4n) is 2.59. The van der Waals surface area contributed by atoms with E-state index in [2.05, 4.69) is 23.9 Å². The summed E-state index contributed by atoms with van der Waals surface area (Å²) in [5.74, 6) is 0. The predicted octanol–water partition coefficient (Wildman–Crippen LogP) is 1.87. The maximum atomic E-state index is 8.67. The zero-order valence-electron chi connectivity index (χ0n) is 10.3. The molecule has 1 unspecified atom stereocenters. The van der Waals surface area contributed by atoms with Crippen LogP contribution in [-0.2, 0) is 4.74 Å². The van der Waals surface area contributed by atoms with Crippen molar-refractivity contribution in [1.29, 1.82) is 0 Å². The molecule has 0 radical (unpaired) electrons. The Morgan fingerprint density at radius 1 is 1.44 bits per heavy atom. The monoisotopic (exact) mass is 226 g/mol. The van der Waals surface area contributed by atoms with Crippen molar-refractivity contribution in [2.24, 2.45) is 5.16 Å². The van der Waals surface area contributed by atoms with E-state index in [1.54, 1.807) is 0 Å². The van der Waals surface area contributed by atoms with Crippen molar-refractivity contribution < 1.29 is 9.94 Å². The molecule has 0 amide bonds. The lowest BCUT2D eigenvalue weighted by atomic mass is 10.0. The average Bonchev–Trinajstić information content (AvgIpc) is 2.59. The molecule has 16 heavy (non-hydrogen) atoms. The number of ether oxygens (including phenoxy) is 1. The highest BCUT2D eigenvalue weighted by molar-refractivity contribution is 5.84. The van der Waals surface area contributed by atoms with Crippen molar-refractivity contribution >= 4 is 5.71 Å². The molecule has 4 nitrogen and oxygen atoms in total. The smallest absolute Gasteiger partial charge is 0.0710 e. The molecule has 0 aliphatic carbocycles. The molecule has 2 heterocycles. The predicted molar refractivity (Wildman–Crippen MR) is 63.1 cm³/mol. The Morgan fingerprint density at radius 3 is 2.62 bits per heavy atom. The van der Waals surface area contributed by atoms with Crippen LogP contribution in [0.4, 0.5) is 0 Å². The molecule has 0 spiro atoms. The summed E-state index contributed by atoms with van der Waals surface area (Å²) in [5.41, 5.74) is 1.00. The Balaban J connectivity index is 1.75. The first-order valence-electron chi connectivity index (χ1n) is 6.19. The van der Waals surface area contributed by atoms with Gasteiger partial charge in [-0.15, -0.1) is 0 Å². The van der Waals surface area contributed by atoms with Gasteiger partial charge in [-0.1, -0.05) is 5.16 Å². The molecule has 0 aromatic carbocycles. The van der Waals surface area contributed by atoms with E-state index >= 15 is 0 Å². The molecule has 0 bridgehead atoms. The summed E-state index contributed by atoms with van der Waals surface area (Å²) in [7, 11) is 0. The topological polar surface area (TPSA) is 45.1 Å². The van der Waals surface area contributed by atoms with Crippen LogP contribution in [-0.4, -0.2) is 47.2 Å². The van der Waals surface area contributed by atoms with E-state index in [-0.39, 0.29) is 5.60 Å². The summed E-state index contributed by atoms with van der Waals surface area (Å²) < 4.78 is 5.98. The number of likely N-dealkylation sites (tertiary alicyclic amines) is 1. The van der Waals surface area contributed by atoms with Gasteiger partial charge >= 0.3 is 0 Å². The van der Waals surface area contributed by atoms with Gasteiger partial charge in [0.05, 0.1) is 17.4 Å². The number of rotatable bonds is 2. The Morgan fingerprint density at radius 2 is 2.12 bits per heavy atom. The van der Waals surface area contributed by atoms with Crippen LogP contribution in [0.15, 0.2) is 5.16 Å². The van der Waals surface area contributed by atoms with Crippen LogP contribution in [0.25, 0.3) is 0 Å². The molecule has 2 aliphatic heterocycles. The second kappa shape index (κ2) is 4.72. The zero-order valence-corrected chi connectivity index (χ0v) is 10.3. The van der Waals surface area contributed by atoms with Gasteiger partial charge in [-0.3, -0.25) is 0 Å². The first kappa shape index (κ1) is 11.9. The second-order valence-corrected chi connectivity index (χ2v) is 5.51. The fraction of sp³-hybridized carbons (Fsp3) is 0.917. The van der Waals surface area contributed by atoms with Gasteiger partial charge in [0.15, 0.2) is 0 Å². The second-order valence-electron chi connectivity index (χ2n) is 5.51.